The first-order valence-corrected chi connectivity index (χ1v) is 9.73. The van der Waals surface area contributed by atoms with Crippen LogP contribution >= 0.6 is 34.5 Å². The molecule has 0 atom stereocenters. The number of hydrogen-bond acceptors (Lipinski definition) is 5. The summed E-state index contributed by atoms with van der Waals surface area (Å²) in [6.45, 7) is 0.300. The predicted octanol–water partition coefficient (Wildman–Crippen LogP) is 5.39. The lowest BCUT2D eigenvalue weighted by Gasteiger charge is -2.07. The third-order valence-electron chi connectivity index (χ3n) is 4.29. The molecule has 0 aliphatic rings. The van der Waals surface area contributed by atoms with Crippen molar-refractivity contribution in [3.05, 3.63) is 90.2 Å². The number of non-ortho nitro benzene ring substituents is 1. The van der Waals surface area contributed by atoms with Crippen LogP contribution in [0.15, 0.2) is 59.0 Å². The molecule has 140 valence electrons. The first-order valence-electron chi connectivity index (χ1n) is 8.09. The highest BCUT2D eigenvalue weighted by atomic mass is 35.5. The molecule has 0 spiro atoms. The highest BCUT2D eigenvalue weighted by Crippen LogP contribution is 2.31. The summed E-state index contributed by atoms with van der Waals surface area (Å²) in [6.07, 6.45) is 1.50. The number of thiophene rings is 1. The normalized spacial score (nSPS) is 11.1. The second kappa shape index (κ2) is 7.35. The Bertz CT molecular complexity index is 1270. The molecule has 0 aliphatic heterocycles. The zero-order chi connectivity index (χ0) is 19.8. The zero-order valence-corrected chi connectivity index (χ0v) is 16.5. The molecule has 0 amide bonds. The van der Waals surface area contributed by atoms with Crippen LogP contribution < -0.4 is 5.56 Å². The van der Waals surface area contributed by atoms with Crippen LogP contribution in [0.2, 0.25) is 10.0 Å². The monoisotopic (exact) mass is 431 g/mol. The molecule has 0 radical (unpaired) electrons. The van der Waals surface area contributed by atoms with Gasteiger partial charge in [-0.3, -0.25) is 19.5 Å². The Balaban J connectivity index is 1.78. The first kappa shape index (κ1) is 18.6. The van der Waals surface area contributed by atoms with Crippen LogP contribution in [0.3, 0.4) is 0 Å². The van der Waals surface area contributed by atoms with Gasteiger partial charge in [-0.05, 0) is 35.4 Å². The smallest absolute Gasteiger partial charge is 0.269 e. The second-order valence-electron chi connectivity index (χ2n) is 6.06. The Hall–Kier alpha value is -2.74. The molecule has 0 saturated heterocycles. The maximum Gasteiger partial charge on any atom is 0.269 e. The lowest BCUT2D eigenvalue weighted by atomic mass is 10.1. The lowest BCUT2D eigenvalue weighted by Crippen LogP contribution is -2.21. The van der Waals surface area contributed by atoms with Gasteiger partial charge in [0.15, 0.2) is 0 Å². The van der Waals surface area contributed by atoms with Gasteiger partial charge in [0, 0.05) is 23.1 Å². The lowest BCUT2D eigenvalue weighted by molar-refractivity contribution is -0.384. The van der Waals surface area contributed by atoms with Gasteiger partial charge in [0.05, 0.1) is 33.2 Å². The van der Waals surface area contributed by atoms with Gasteiger partial charge in [0.25, 0.3) is 11.2 Å². The highest BCUT2D eigenvalue weighted by Gasteiger charge is 2.15. The number of benzene rings is 2. The van der Waals surface area contributed by atoms with Gasteiger partial charge in [0.2, 0.25) is 0 Å². The number of rotatable bonds is 4. The standard InChI is InChI=1S/C19H11Cl2N3O3S/c20-15-6-1-11(7-16(15)21)8-23-10-22-18-17(19(23)25)14(9-28-18)12-2-4-13(5-3-12)24(26)27/h1-7,9-10H,8H2. The van der Waals surface area contributed by atoms with Crippen molar-refractivity contribution in [1.82, 2.24) is 9.55 Å². The molecular formula is C19H11Cl2N3O3S. The van der Waals surface area contributed by atoms with Crippen LogP contribution in [0.5, 0.6) is 0 Å². The maximum absolute atomic E-state index is 13.1. The van der Waals surface area contributed by atoms with E-state index in [0.717, 1.165) is 11.1 Å². The topological polar surface area (TPSA) is 78.0 Å². The molecule has 6 nitrogen and oxygen atoms in total. The fourth-order valence-electron chi connectivity index (χ4n) is 2.89. The predicted molar refractivity (Wildman–Crippen MR) is 112 cm³/mol. The van der Waals surface area contributed by atoms with Crippen molar-refractivity contribution in [2.75, 3.05) is 0 Å². The Morgan fingerprint density at radius 3 is 2.54 bits per heavy atom. The van der Waals surface area contributed by atoms with E-state index in [9.17, 15) is 14.9 Å². The number of nitro groups is 1. The van der Waals surface area contributed by atoms with Gasteiger partial charge in [-0.15, -0.1) is 11.3 Å². The fourth-order valence-corrected chi connectivity index (χ4v) is 4.12. The van der Waals surface area contributed by atoms with Crippen LogP contribution in [0.25, 0.3) is 21.3 Å². The summed E-state index contributed by atoms with van der Waals surface area (Å²) in [7, 11) is 0. The van der Waals surface area contributed by atoms with Gasteiger partial charge < -0.3 is 0 Å². The quantitative estimate of drug-likeness (QED) is 0.320. The van der Waals surface area contributed by atoms with Crippen LogP contribution in [-0.2, 0) is 6.54 Å². The zero-order valence-electron chi connectivity index (χ0n) is 14.1. The molecule has 0 unspecified atom stereocenters. The fraction of sp³-hybridized carbons (Fsp3) is 0.0526. The van der Waals surface area contributed by atoms with E-state index in [1.807, 2.05) is 5.38 Å². The summed E-state index contributed by atoms with van der Waals surface area (Å²) in [4.78, 5) is 28.5. The van der Waals surface area contributed by atoms with Crippen molar-refractivity contribution >= 4 is 50.4 Å². The molecule has 0 fully saturated rings. The third-order valence-corrected chi connectivity index (χ3v) is 5.91. The van der Waals surface area contributed by atoms with Gasteiger partial charge in [-0.25, -0.2) is 4.98 Å². The molecule has 28 heavy (non-hydrogen) atoms. The van der Waals surface area contributed by atoms with E-state index < -0.39 is 4.92 Å². The summed E-state index contributed by atoms with van der Waals surface area (Å²) in [5.41, 5.74) is 2.06. The summed E-state index contributed by atoms with van der Waals surface area (Å²) in [6, 6.07) is 11.3. The second-order valence-corrected chi connectivity index (χ2v) is 7.73. The van der Waals surface area contributed by atoms with E-state index >= 15 is 0 Å². The molecule has 0 aliphatic carbocycles. The van der Waals surface area contributed by atoms with Gasteiger partial charge in [0.1, 0.15) is 4.83 Å². The number of fused-ring (bicyclic) bond motifs is 1. The van der Waals surface area contributed by atoms with Gasteiger partial charge in [-0.1, -0.05) is 29.3 Å². The molecular weight excluding hydrogens is 421 g/mol. The van der Waals surface area contributed by atoms with Crippen molar-refractivity contribution in [2.45, 2.75) is 6.54 Å². The van der Waals surface area contributed by atoms with Crippen molar-refractivity contribution in [1.29, 1.82) is 0 Å². The summed E-state index contributed by atoms with van der Waals surface area (Å²) >= 11 is 13.4. The van der Waals surface area contributed by atoms with E-state index in [4.69, 9.17) is 23.2 Å². The van der Waals surface area contributed by atoms with E-state index in [2.05, 4.69) is 4.98 Å². The number of nitrogens with zero attached hydrogens (tertiary/aromatic N) is 3. The van der Waals surface area contributed by atoms with Crippen LogP contribution in [0.1, 0.15) is 5.56 Å². The Labute approximate surface area is 172 Å². The van der Waals surface area contributed by atoms with Crippen LogP contribution in [-0.4, -0.2) is 14.5 Å². The minimum Gasteiger partial charge on any atom is -0.294 e. The largest absolute Gasteiger partial charge is 0.294 e. The van der Waals surface area contributed by atoms with Crippen LogP contribution in [0.4, 0.5) is 5.69 Å². The minimum atomic E-state index is -0.457. The molecule has 0 saturated carbocycles. The number of aromatic nitrogens is 2. The first-order chi connectivity index (χ1) is 13.4. The number of halogens is 2. The van der Waals surface area contributed by atoms with Crippen molar-refractivity contribution in [3.63, 3.8) is 0 Å². The van der Waals surface area contributed by atoms with E-state index in [1.54, 1.807) is 30.3 Å². The van der Waals surface area contributed by atoms with Crippen molar-refractivity contribution < 1.29 is 4.92 Å². The Kier molecular flexibility index (Phi) is 4.89. The molecule has 4 rings (SSSR count). The third kappa shape index (κ3) is 3.40. The molecule has 0 N–H and O–H groups in total. The number of hydrogen-bond donors (Lipinski definition) is 0. The van der Waals surface area contributed by atoms with E-state index in [-0.39, 0.29) is 11.2 Å². The minimum absolute atomic E-state index is 0.00145. The summed E-state index contributed by atoms with van der Waals surface area (Å²) in [5.74, 6) is 0. The SMILES string of the molecule is O=c1c2c(-c3ccc([N+](=O)[O-])cc3)csc2ncn1Cc1ccc(Cl)c(Cl)c1. The van der Waals surface area contributed by atoms with Gasteiger partial charge >= 0.3 is 0 Å². The molecule has 2 heterocycles. The highest BCUT2D eigenvalue weighted by molar-refractivity contribution is 7.17. The number of nitro benzene ring substituents is 1. The van der Waals surface area contributed by atoms with Crippen LogP contribution in [0, 0.1) is 10.1 Å². The average molecular weight is 432 g/mol. The molecule has 2 aromatic heterocycles. The molecule has 2 aromatic carbocycles. The van der Waals surface area contributed by atoms with E-state index in [1.165, 1.54) is 34.4 Å². The molecule has 4 aromatic rings. The van der Waals surface area contributed by atoms with Gasteiger partial charge in [-0.2, -0.15) is 0 Å². The Morgan fingerprint density at radius 1 is 1.11 bits per heavy atom. The van der Waals surface area contributed by atoms with E-state index in [0.29, 0.717) is 32.4 Å². The maximum atomic E-state index is 13.1. The molecule has 9 heteroatoms. The Morgan fingerprint density at radius 2 is 1.86 bits per heavy atom. The summed E-state index contributed by atoms with van der Waals surface area (Å²) in [5, 5.41) is 14.0. The van der Waals surface area contributed by atoms with Crippen molar-refractivity contribution in [3.8, 4) is 11.1 Å². The molecule has 0 bridgehead atoms. The van der Waals surface area contributed by atoms with Crippen molar-refractivity contribution in [2.24, 2.45) is 0 Å². The summed E-state index contributed by atoms with van der Waals surface area (Å²) < 4.78 is 1.50. The average Bonchev–Trinajstić information content (AvgIpc) is 3.12.